The second-order valence-electron chi connectivity index (χ2n) is 13.9. The van der Waals surface area contributed by atoms with Crippen molar-refractivity contribution in [3.05, 3.63) is 95.8 Å². The Kier molecular flexibility index (Phi) is 13.4. The number of nitrogens with two attached hydrogens (primary N) is 1. The first-order valence-corrected chi connectivity index (χ1v) is 18.1. The molecule has 48 heavy (non-hydrogen) atoms. The highest BCUT2D eigenvalue weighted by Crippen LogP contribution is 2.43. The molecule has 0 saturated carbocycles. The van der Waals surface area contributed by atoms with E-state index in [1.54, 1.807) is 13.3 Å². The predicted molar refractivity (Wildman–Crippen MR) is 193 cm³/mol. The number of methoxy groups -OCH3 is 1. The normalized spacial score (nSPS) is 18.1. The summed E-state index contributed by atoms with van der Waals surface area (Å²) < 4.78 is 11.7. The van der Waals surface area contributed by atoms with Gasteiger partial charge in [0.15, 0.2) is 0 Å². The average molecular weight is 656 g/mol. The molecule has 2 fully saturated rings. The minimum absolute atomic E-state index is 0.112. The van der Waals surface area contributed by atoms with E-state index in [1.165, 1.54) is 31.2 Å². The molecule has 0 radical (unpaired) electrons. The first kappa shape index (κ1) is 36.0. The molecule has 0 spiro atoms. The third kappa shape index (κ3) is 8.83. The van der Waals surface area contributed by atoms with Gasteiger partial charge in [-0.3, -0.25) is 19.6 Å². The number of unbranched alkanes of at least 4 members (excludes halogenated alkanes) is 2. The molecule has 2 N–H and O–H groups in total. The van der Waals surface area contributed by atoms with Crippen molar-refractivity contribution in [2.45, 2.75) is 76.4 Å². The molecule has 2 aliphatic rings. The van der Waals surface area contributed by atoms with Gasteiger partial charge in [0.2, 0.25) is 5.91 Å². The van der Waals surface area contributed by atoms with E-state index < -0.39 is 5.41 Å². The van der Waals surface area contributed by atoms with Crippen LogP contribution >= 0.6 is 0 Å². The molecule has 2 aliphatic heterocycles. The van der Waals surface area contributed by atoms with Crippen molar-refractivity contribution >= 4 is 5.91 Å². The summed E-state index contributed by atoms with van der Waals surface area (Å²) in [5, 5.41) is 0. The molecule has 1 atom stereocenters. The van der Waals surface area contributed by atoms with Crippen molar-refractivity contribution in [1.29, 1.82) is 0 Å². The zero-order chi connectivity index (χ0) is 33.8. The number of likely N-dealkylation sites (tertiary alicyclic amines) is 2. The lowest BCUT2D eigenvalue weighted by atomic mass is 9.64. The zero-order valence-corrected chi connectivity index (χ0v) is 29.4. The number of benzene rings is 2. The fourth-order valence-electron chi connectivity index (χ4n) is 8.13. The van der Waals surface area contributed by atoms with Crippen molar-refractivity contribution in [3.8, 4) is 5.75 Å². The zero-order valence-electron chi connectivity index (χ0n) is 29.4. The van der Waals surface area contributed by atoms with Crippen molar-refractivity contribution in [2.24, 2.45) is 11.7 Å². The minimum Gasteiger partial charge on any atom is -0.496 e. The number of nitrogens with zero attached hydrogens (tertiary/aromatic N) is 4. The molecular formula is C40H57N5O3. The second kappa shape index (κ2) is 17.9. The second-order valence-corrected chi connectivity index (χ2v) is 13.9. The Morgan fingerprint density at radius 3 is 2.21 bits per heavy atom. The molecule has 8 nitrogen and oxygen atoms in total. The van der Waals surface area contributed by atoms with Crippen LogP contribution in [0.2, 0.25) is 0 Å². The van der Waals surface area contributed by atoms with Crippen molar-refractivity contribution in [1.82, 2.24) is 19.7 Å². The fourth-order valence-corrected chi connectivity index (χ4v) is 8.13. The number of carbonyl (C=O) groups is 1. The summed E-state index contributed by atoms with van der Waals surface area (Å²) >= 11 is 0. The van der Waals surface area contributed by atoms with Crippen LogP contribution in [0.4, 0.5) is 0 Å². The average Bonchev–Trinajstić information content (AvgIpc) is 3.58. The van der Waals surface area contributed by atoms with Gasteiger partial charge >= 0.3 is 0 Å². The number of piperidine rings is 1. The van der Waals surface area contributed by atoms with Crippen LogP contribution < -0.4 is 10.5 Å². The van der Waals surface area contributed by atoms with Gasteiger partial charge in [0.05, 0.1) is 13.7 Å². The number of amides is 1. The smallest absolute Gasteiger partial charge is 0.232 e. The molecule has 260 valence electrons. The summed E-state index contributed by atoms with van der Waals surface area (Å²) in [6.45, 7) is 13.1. The molecule has 0 unspecified atom stereocenters. The van der Waals surface area contributed by atoms with Gasteiger partial charge in [-0.1, -0.05) is 60.7 Å². The van der Waals surface area contributed by atoms with Crippen LogP contribution in [-0.4, -0.2) is 97.3 Å². The molecular weight excluding hydrogens is 598 g/mol. The van der Waals surface area contributed by atoms with Gasteiger partial charge in [0.25, 0.3) is 0 Å². The van der Waals surface area contributed by atoms with Crippen molar-refractivity contribution < 1.29 is 14.3 Å². The largest absolute Gasteiger partial charge is 0.496 e. The van der Waals surface area contributed by atoms with Crippen LogP contribution in [0.3, 0.4) is 0 Å². The number of hydrogen-bond donors (Lipinski definition) is 1. The summed E-state index contributed by atoms with van der Waals surface area (Å²) in [7, 11) is 1.73. The molecule has 0 aliphatic carbocycles. The Bertz CT molecular complexity index is 1340. The van der Waals surface area contributed by atoms with Crippen LogP contribution in [0, 0.1) is 5.92 Å². The standard InChI is InChI=1S/C40H57N5O3/c1-32(2)45(37-19-24-43(25-20-37)30-33-29-42-21-17-38(33)47-3)22-11-6-12-27-48-28-26-44-23-18-36(31-44)40(39(41)46,34-13-7-4-8-14-34)35-15-9-5-10-16-35/h4-5,7-10,13-17,21,29,32,36-37H,6,11-12,18-20,22-28,30-31H2,1-3H3,(H2,41,46)/t36-/m1/s1. The Morgan fingerprint density at radius 2 is 1.58 bits per heavy atom. The monoisotopic (exact) mass is 655 g/mol. The molecule has 3 aromatic rings. The number of primary amides is 1. The first-order chi connectivity index (χ1) is 23.4. The highest BCUT2D eigenvalue weighted by Gasteiger charge is 2.49. The molecule has 1 amide bonds. The third-order valence-corrected chi connectivity index (χ3v) is 10.7. The summed E-state index contributed by atoms with van der Waals surface area (Å²) in [5.74, 6) is 0.769. The van der Waals surface area contributed by atoms with Crippen LogP contribution in [-0.2, 0) is 21.5 Å². The van der Waals surface area contributed by atoms with Crippen LogP contribution in [0.15, 0.2) is 79.1 Å². The van der Waals surface area contributed by atoms with Crippen LogP contribution in [0.25, 0.3) is 0 Å². The van der Waals surface area contributed by atoms with Gasteiger partial charge in [-0.2, -0.15) is 0 Å². The lowest BCUT2D eigenvalue weighted by Gasteiger charge is -2.40. The lowest BCUT2D eigenvalue weighted by Crippen LogP contribution is -2.49. The highest BCUT2D eigenvalue weighted by atomic mass is 16.5. The molecule has 2 aromatic carbocycles. The molecule has 1 aromatic heterocycles. The van der Waals surface area contributed by atoms with Crippen molar-refractivity contribution in [2.75, 3.05) is 59.6 Å². The SMILES string of the molecule is COc1ccncc1CN1CCC(N(CCCCCOCCN2CC[C@@H](C(C(N)=O)(c3ccccc3)c3ccccc3)C2)C(C)C)CC1. The molecule has 3 heterocycles. The fraction of sp³-hybridized carbons (Fsp3) is 0.550. The third-order valence-electron chi connectivity index (χ3n) is 10.7. The van der Waals surface area contributed by atoms with E-state index in [0.717, 1.165) is 82.1 Å². The summed E-state index contributed by atoms with van der Waals surface area (Å²) in [4.78, 5) is 25.3. The van der Waals surface area contributed by atoms with E-state index in [2.05, 4.69) is 57.8 Å². The molecule has 0 bridgehead atoms. The van der Waals surface area contributed by atoms with Crippen molar-refractivity contribution in [3.63, 3.8) is 0 Å². The number of carbonyl (C=O) groups excluding carboxylic acids is 1. The molecule has 2 saturated heterocycles. The van der Waals surface area contributed by atoms with Gasteiger partial charge in [0.1, 0.15) is 11.2 Å². The Morgan fingerprint density at radius 1 is 0.917 bits per heavy atom. The Balaban J connectivity index is 1.00. The van der Waals surface area contributed by atoms with E-state index in [1.807, 2.05) is 48.7 Å². The topological polar surface area (TPSA) is 84.2 Å². The maximum absolute atomic E-state index is 13.3. The molecule has 8 heteroatoms. The Hall–Kier alpha value is -3.30. The van der Waals surface area contributed by atoms with Crippen LogP contribution in [0.5, 0.6) is 5.75 Å². The lowest BCUT2D eigenvalue weighted by molar-refractivity contribution is -0.123. The first-order valence-electron chi connectivity index (χ1n) is 18.1. The maximum atomic E-state index is 13.3. The van der Waals surface area contributed by atoms with Gasteiger partial charge in [-0.05, 0) is 102 Å². The van der Waals surface area contributed by atoms with E-state index in [4.69, 9.17) is 15.2 Å². The van der Waals surface area contributed by atoms with E-state index in [9.17, 15) is 4.79 Å². The number of ether oxygens (including phenoxy) is 2. The van der Waals surface area contributed by atoms with Gasteiger partial charge in [-0.15, -0.1) is 0 Å². The van der Waals surface area contributed by atoms with Gasteiger partial charge in [-0.25, -0.2) is 0 Å². The summed E-state index contributed by atoms with van der Waals surface area (Å²) in [6.07, 6.45) is 10.6. The van der Waals surface area contributed by atoms with E-state index >= 15 is 0 Å². The summed E-state index contributed by atoms with van der Waals surface area (Å²) in [5.41, 5.74) is 8.56. The quantitative estimate of drug-likeness (QED) is 0.175. The number of hydrogen-bond acceptors (Lipinski definition) is 7. The van der Waals surface area contributed by atoms with Gasteiger partial charge < -0.3 is 20.1 Å². The van der Waals surface area contributed by atoms with E-state index in [-0.39, 0.29) is 11.8 Å². The number of aromatic nitrogens is 1. The Labute approximate surface area is 288 Å². The predicted octanol–water partition coefficient (Wildman–Crippen LogP) is 5.75. The maximum Gasteiger partial charge on any atom is 0.232 e. The number of pyridine rings is 1. The summed E-state index contributed by atoms with van der Waals surface area (Å²) in [6, 6.07) is 23.4. The minimum atomic E-state index is -0.840. The highest BCUT2D eigenvalue weighted by molar-refractivity contribution is 5.91. The van der Waals surface area contributed by atoms with E-state index in [0.29, 0.717) is 18.7 Å². The molecule has 5 rings (SSSR count). The number of rotatable bonds is 18. The van der Waals surface area contributed by atoms with Crippen LogP contribution in [0.1, 0.15) is 69.1 Å². The van der Waals surface area contributed by atoms with Gasteiger partial charge in [0, 0.05) is 56.3 Å².